The van der Waals surface area contributed by atoms with Gasteiger partial charge >= 0.3 is 0 Å². The largest absolute Gasteiger partial charge is 0.307 e. The quantitative estimate of drug-likeness (QED) is 0.532. The highest BCUT2D eigenvalue weighted by atomic mass is 19.1. The van der Waals surface area contributed by atoms with Crippen molar-refractivity contribution >= 4 is 23.5 Å². The Morgan fingerprint density at radius 2 is 1.95 bits per heavy atom. The van der Waals surface area contributed by atoms with Gasteiger partial charge in [-0.15, -0.1) is 0 Å². The minimum atomic E-state index is -0.576. The normalized spacial score (nSPS) is 10.5. The molecule has 1 aromatic carbocycles. The molecule has 0 aliphatic carbocycles. The third-order valence-corrected chi connectivity index (χ3v) is 2.51. The number of anilines is 1. The molecule has 2 rings (SSSR count). The van der Waals surface area contributed by atoms with Gasteiger partial charge in [-0.05, 0) is 29.8 Å². The van der Waals surface area contributed by atoms with Gasteiger partial charge in [-0.1, -0.05) is 12.1 Å². The zero-order chi connectivity index (χ0) is 15.2. The van der Waals surface area contributed by atoms with Crippen LogP contribution in [-0.4, -0.2) is 15.8 Å². The Morgan fingerprint density at radius 3 is 2.52 bits per heavy atom. The molecular weight excluding hydrogens is 277 g/mol. The number of hydrogen-bond acceptors (Lipinski definition) is 4. The van der Waals surface area contributed by atoms with E-state index in [1.807, 2.05) is 0 Å². The Kier molecular flexibility index (Phi) is 4.35. The van der Waals surface area contributed by atoms with Gasteiger partial charge < -0.3 is 5.32 Å². The Bertz CT molecular complexity index is 682. The lowest BCUT2D eigenvalue weighted by atomic mass is 10.2. The van der Waals surface area contributed by atoms with Crippen molar-refractivity contribution in [1.29, 1.82) is 0 Å². The van der Waals surface area contributed by atoms with Crippen molar-refractivity contribution in [2.45, 2.75) is 0 Å². The van der Waals surface area contributed by atoms with Crippen molar-refractivity contribution in [3.8, 4) is 0 Å². The van der Waals surface area contributed by atoms with Crippen LogP contribution in [0.25, 0.3) is 6.08 Å². The number of rotatable bonds is 4. The van der Waals surface area contributed by atoms with Gasteiger partial charge in [0.2, 0.25) is 5.91 Å². The van der Waals surface area contributed by atoms with E-state index in [4.69, 9.17) is 0 Å². The van der Waals surface area contributed by atoms with Gasteiger partial charge in [0, 0.05) is 12.1 Å². The third kappa shape index (κ3) is 4.20. The van der Waals surface area contributed by atoms with Gasteiger partial charge in [-0.3, -0.25) is 14.9 Å². The van der Waals surface area contributed by atoms with Crippen LogP contribution in [0.5, 0.6) is 0 Å². The number of aromatic nitrogens is 1. The first-order valence-corrected chi connectivity index (χ1v) is 5.90. The number of carbonyl (C=O) groups is 1. The van der Waals surface area contributed by atoms with Crippen molar-refractivity contribution in [2.24, 2.45) is 0 Å². The molecule has 0 atom stereocenters. The SMILES string of the molecule is O=C(/C=C/c1ccc(F)cc1)Nc1ccc([N+](=O)[O-])cn1. The molecule has 0 unspecified atom stereocenters. The van der Waals surface area contributed by atoms with Crippen molar-refractivity contribution < 1.29 is 14.1 Å². The van der Waals surface area contributed by atoms with Gasteiger partial charge in [0.1, 0.15) is 17.8 Å². The second-order valence-electron chi connectivity index (χ2n) is 4.03. The number of benzene rings is 1. The fraction of sp³-hybridized carbons (Fsp3) is 0. The van der Waals surface area contributed by atoms with Crippen LogP contribution in [0.1, 0.15) is 5.56 Å². The number of carbonyl (C=O) groups excluding carboxylic acids is 1. The van der Waals surface area contributed by atoms with E-state index in [9.17, 15) is 19.3 Å². The highest BCUT2D eigenvalue weighted by Gasteiger charge is 2.06. The predicted octanol–water partition coefficient (Wildman–Crippen LogP) is 2.78. The second kappa shape index (κ2) is 6.38. The number of nitro groups is 1. The van der Waals surface area contributed by atoms with Crippen molar-refractivity contribution in [2.75, 3.05) is 5.32 Å². The monoisotopic (exact) mass is 287 g/mol. The van der Waals surface area contributed by atoms with Crippen LogP contribution < -0.4 is 5.32 Å². The molecule has 0 spiro atoms. The van der Waals surface area contributed by atoms with Crippen molar-refractivity contribution in [3.05, 3.63) is 70.2 Å². The molecule has 0 aliphatic heterocycles. The number of pyridine rings is 1. The summed E-state index contributed by atoms with van der Waals surface area (Å²) in [6.45, 7) is 0. The maximum absolute atomic E-state index is 12.7. The smallest absolute Gasteiger partial charge is 0.287 e. The molecule has 0 saturated heterocycles. The third-order valence-electron chi connectivity index (χ3n) is 2.51. The van der Waals surface area contributed by atoms with E-state index in [1.54, 1.807) is 0 Å². The Hall–Kier alpha value is -3.09. The molecule has 0 radical (unpaired) electrons. The summed E-state index contributed by atoms with van der Waals surface area (Å²) in [7, 11) is 0. The maximum atomic E-state index is 12.7. The number of nitrogens with one attached hydrogen (secondary N) is 1. The number of hydrogen-bond donors (Lipinski definition) is 1. The predicted molar refractivity (Wildman–Crippen MR) is 75.0 cm³/mol. The molecule has 1 heterocycles. The number of nitrogens with zero attached hydrogens (tertiary/aromatic N) is 2. The van der Waals surface area contributed by atoms with Crippen LogP contribution in [0.15, 0.2) is 48.7 Å². The molecule has 2 aromatic rings. The Labute approximate surface area is 119 Å². The summed E-state index contributed by atoms with van der Waals surface area (Å²) in [4.78, 5) is 25.3. The summed E-state index contributed by atoms with van der Waals surface area (Å²) in [6.07, 6.45) is 3.83. The van der Waals surface area contributed by atoms with Crippen molar-refractivity contribution in [1.82, 2.24) is 4.98 Å². The standard InChI is InChI=1S/C14H10FN3O3/c15-11-4-1-10(2-5-11)3-8-14(19)17-13-7-6-12(9-16-13)18(20)21/h1-9H,(H,16,17,19)/b8-3+. The lowest BCUT2D eigenvalue weighted by molar-refractivity contribution is -0.385. The van der Waals surface area contributed by atoms with Crippen LogP contribution in [0.4, 0.5) is 15.9 Å². The average Bonchev–Trinajstić information content (AvgIpc) is 2.47. The van der Waals surface area contributed by atoms with Crippen LogP contribution >= 0.6 is 0 Å². The molecule has 6 nitrogen and oxygen atoms in total. The fourth-order valence-corrected chi connectivity index (χ4v) is 1.48. The highest BCUT2D eigenvalue weighted by molar-refractivity contribution is 6.01. The Morgan fingerprint density at radius 1 is 1.24 bits per heavy atom. The van der Waals surface area contributed by atoms with Gasteiger partial charge in [-0.25, -0.2) is 9.37 Å². The zero-order valence-corrected chi connectivity index (χ0v) is 10.7. The van der Waals surface area contributed by atoms with Crippen molar-refractivity contribution in [3.63, 3.8) is 0 Å². The number of amides is 1. The first-order valence-electron chi connectivity index (χ1n) is 5.90. The first-order chi connectivity index (χ1) is 10.0. The molecule has 0 fully saturated rings. The summed E-state index contributed by atoms with van der Waals surface area (Å²) < 4.78 is 12.7. The molecule has 1 aromatic heterocycles. The maximum Gasteiger partial charge on any atom is 0.287 e. The molecule has 0 saturated carbocycles. The molecule has 106 valence electrons. The van der Waals surface area contributed by atoms with E-state index in [1.165, 1.54) is 48.6 Å². The molecule has 0 aliphatic rings. The van der Waals surface area contributed by atoms with E-state index < -0.39 is 10.8 Å². The highest BCUT2D eigenvalue weighted by Crippen LogP contribution is 2.12. The summed E-state index contributed by atoms with van der Waals surface area (Å²) in [5, 5.41) is 12.9. The minimum absolute atomic E-state index is 0.158. The molecule has 0 bridgehead atoms. The molecule has 21 heavy (non-hydrogen) atoms. The van der Waals surface area contributed by atoms with Crippen LogP contribution in [0, 0.1) is 15.9 Å². The molecule has 1 N–H and O–H groups in total. The summed E-state index contributed by atoms with van der Waals surface area (Å²) in [5.74, 6) is -0.596. The molecule has 1 amide bonds. The van der Waals surface area contributed by atoms with Crippen LogP contribution in [0.3, 0.4) is 0 Å². The van der Waals surface area contributed by atoms with E-state index in [2.05, 4.69) is 10.3 Å². The lowest BCUT2D eigenvalue weighted by Gasteiger charge is -2.00. The van der Waals surface area contributed by atoms with Gasteiger partial charge in [0.25, 0.3) is 5.69 Å². The van der Waals surface area contributed by atoms with E-state index >= 15 is 0 Å². The first kappa shape index (κ1) is 14.3. The van der Waals surface area contributed by atoms with Crippen LogP contribution in [-0.2, 0) is 4.79 Å². The topological polar surface area (TPSA) is 85.1 Å². The lowest BCUT2D eigenvalue weighted by Crippen LogP contribution is -2.09. The van der Waals surface area contributed by atoms with Gasteiger partial charge in [0.05, 0.1) is 4.92 Å². The summed E-state index contributed by atoms with van der Waals surface area (Å²) >= 11 is 0. The minimum Gasteiger partial charge on any atom is -0.307 e. The van der Waals surface area contributed by atoms with Gasteiger partial charge in [-0.2, -0.15) is 0 Å². The number of halogens is 1. The van der Waals surface area contributed by atoms with E-state index in [0.717, 1.165) is 6.20 Å². The molecular formula is C14H10FN3O3. The zero-order valence-electron chi connectivity index (χ0n) is 10.7. The summed E-state index contributed by atoms with van der Waals surface area (Å²) in [5.41, 5.74) is 0.512. The van der Waals surface area contributed by atoms with Gasteiger partial charge in [0.15, 0.2) is 0 Å². The second-order valence-corrected chi connectivity index (χ2v) is 4.03. The van der Waals surface area contributed by atoms with Crippen LogP contribution in [0.2, 0.25) is 0 Å². The van der Waals surface area contributed by atoms with E-state index in [0.29, 0.717) is 5.56 Å². The molecule has 7 heteroatoms. The Balaban J connectivity index is 1.98. The summed E-state index contributed by atoms with van der Waals surface area (Å²) in [6, 6.07) is 8.21. The fourth-order valence-electron chi connectivity index (χ4n) is 1.48. The van der Waals surface area contributed by atoms with E-state index in [-0.39, 0.29) is 17.3 Å². The average molecular weight is 287 g/mol.